The quantitative estimate of drug-likeness (QED) is 0.824. The first-order valence-corrected chi connectivity index (χ1v) is 11.0. The molecular weight excluding hydrogens is 380 g/mol. The average molecular weight is 415 g/mol. The largest absolute Gasteiger partial charge is 0.342 e. The molecule has 2 unspecified atom stereocenters. The molecule has 164 valence electrons. The van der Waals surface area contributed by atoms with E-state index >= 15 is 0 Å². The van der Waals surface area contributed by atoms with Crippen molar-refractivity contribution < 1.29 is 14.4 Å². The van der Waals surface area contributed by atoms with Crippen molar-refractivity contribution >= 4 is 23.5 Å². The molecule has 1 aromatic heterocycles. The summed E-state index contributed by atoms with van der Waals surface area (Å²) < 4.78 is 0. The molecular formula is C23H34N4O3. The first-order chi connectivity index (χ1) is 14.1. The van der Waals surface area contributed by atoms with E-state index in [1.807, 2.05) is 49.6 Å². The van der Waals surface area contributed by atoms with E-state index in [9.17, 15) is 14.4 Å². The maximum absolute atomic E-state index is 13.2. The van der Waals surface area contributed by atoms with Crippen LogP contribution in [0.2, 0.25) is 0 Å². The number of nitrogens with one attached hydrogen (secondary N) is 1. The highest BCUT2D eigenvalue weighted by Crippen LogP contribution is 2.27. The van der Waals surface area contributed by atoms with Gasteiger partial charge in [-0.3, -0.25) is 14.4 Å². The van der Waals surface area contributed by atoms with E-state index < -0.39 is 5.41 Å². The van der Waals surface area contributed by atoms with E-state index in [1.165, 1.54) is 0 Å². The van der Waals surface area contributed by atoms with Gasteiger partial charge in [-0.15, -0.1) is 0 Å². The summed E-state index contributed by atoms with van der Waals surface area (Å²) >= 11 is 0. The summed E-state index contributed by atoms with van der Waals surface area (Å²) in [6, 6.07) is 5.52. The Morgan fingerprint density at radius 1 is 1.00 bits per heavy atom. The molecule has 2 saturated heterocycles. The minimum absolute atomic E-state index is 0.0765. The normalized spacial score (nSPS) is 22.5. The Morgan fingerprint density at radius 3 is 2.30 bits per heavy atom. The van der Waals surface area contributed by atoms with Crippen LogP contribution < -0.4 is 5.32 Å². The molecule has 0 saturated carbocycles. The lowest BCUT2D eigenvalue weighted by atomic mass is 9.89. The number of rotatable bonds is 3. The van der Waals surface area contributed by atoms with Crippen molar-refractivity contribution in [3.63, 3.8) is 0 Å². The van der Waals surface area contributed by atoms with Gasteiger partial charge >= 0.3 is 0 Å². The number of carbonyl (C=O) groups excluding carboxylic acids is 3. The lowest BCUT2D eigenvalue weighted by Gasteiger charge is -2.39. The summed E-state index contributed by atoms with van der Waals surface area (Å²) in [5.41, 5.74) is 0.406. The Balaban J connectivity index is 1.59. The van der Waals surface area contributed by atoms with Gasteiger partial charge < -0.3 is 15.1 Å². The van der Waals surface area contributed by atoms with Crippen molar-refractivity contribution in [2.75, 3.05) is 31.5 Å². The first-order valence-electron chi connectivity index (χ1n) is 11.0. The Labute approximate surface area is 179 Å². The molecule has 0 aliphatic carbocycles. The molecule has 2 atom stereocenters. The van der Waals surface area contributed by atoms with E-state index in [2.05, 4.69) is 10.3 Å². The van der Waals surface area contributed by atoms with E-state index in [0.717, 1.165) is 31.4 Å². The van der Waals surface area contributed by atoms with E-state index in [0.29, 0.717) is 32.0 Å². The van der Waals surface area contributed by atoms with E-state index in [-0.39, 0.29) is 29.6 Å². The molecule has 3 rings (SSSR count). The zero-order valence-corrected chi connectivity index (χ0v) is 18.6. The predicted octanol–water partition coefficient (Wildman–Crippen LogP) is 2.85. The van der Waals surface area contributed by atoms with Gasteiger partial charge in [-0.05, 0) is 44.7 Å². The molecule has 7 nitrogen and oxygen atoms in total. The number of carbonyl (C=O) groups is 3. The van der Waals surface area contributed by atoms with Crippen LogP contribution in [0.25, 0.3) is 0 Å². The Kier molecular flexibility index (Phi) is 6.78. The van der Waals surface area contributed by atoms with Crippen LogP contribution in [0.3, 0.4) is 0 Å². The standard InChI is InChI=1S/C23H34N4O3/c1-16-8-5-11-19(24-16)25-20(28)17-9-6-12-26(14-17)21(29)18-10-7-13-27(15-18)22(30)23(2,3)4/h5,8,11,17-18H,6-7,9-10,12-15H2,1-4H3,(H,24,25,28). The lowest BCUT2D eigenvalue weighted by molar-refractivity contribution is -0.146. The van der Waals surface area contributed by atoms with Crippen LogP contribution in [-0.2, 0) is 14.4 Å². The molecule has 1 N–H and O–H groups in total. The summed E-state index contributed by atoms with van der Waals surface area (Å²) in [7, 11) is 0. The second kappa shape index (κ2) is 9.14. The van der Waals surface area contributed by atoms with E-state index in [4.69, 9.17) is 0 Å². The number of aryl methyl sites for hydroxylation is 1. The number of piperidine rings is 2. The van der Waals surface area contributed by atoms with Gasteiger partial charge in [0.1, 0.15) is 5.82 Å². The van der Waals surface area contributed by atoms with Crippen molar-refractivity contribution in [1.82, 2.24) is 14.8 Å². The van der Waals surface area contributed by atoms with Crippen LogP contribution in [-0.4, -0.2) is 58.7 Å². The van der Waals surface area contributed by atoms with Gasteiger partial charge in [0.25, 0.3) is 0 Å². The highest BCUT2D eigenvalue weighted by atomic mass is 16.2. The first kappa shape index (κ1) is 22.2. The van der Waals surface area contributed by atoms with Crippen LogP contribution in [0.4, 0.5) is 5.82 Å². The van der Waals surface area contributed by atoms with Crippen LogP contribution in [0.5, 0.6) is 0 Å². The fourth-order valence-electron chi connectivity index (χ4n) is 4.33. The number of aromatic nitrogens is 1. The molecule has 2 fully saturated rings. The van der Waals surface area contributed by atoms with Gasteiger partial charge in [0.15, 0.2) is 0 Å². The van der Waals surface area contributed by atoms with Gasteiger partial charge in [0.2, 0.25) is 17.7 Å². The average Bonchev–Trinajstić information content (AvgIpc) is 2.72. The highest BCUT2D eigenvalue weighted by molar-refractivity contribution is 5.92. The van der Waals surface area contributed by atoms with Gasteiger partial charge in [-0.25, -0.2) is 4.98 Å². The van der Waals surface area contributed by atoms with Crippen molar-refractivity contribution in [2.24, 2.45) is 17.3 Å². The molecule has 0 aromatic carbocycles. The van der Waals surface area contributed by atoms with Gasteiger partial charge in [-0.1, -0.05) is 26.8 Å². The number of likely N-dealkylation sites (tertiary alicyclic amines) is 2. The number of nitrogens with zero attached hydrogens (tertiary/aromatic N) is 3. The number of anilines is 1. The smallest absolute Gasteiger partial charge is 0.230 e. The van der Waals surface area contributed by atoms with E-state index in [1.54, 1.807) is 6.07 Å². The Bertz CT molecular complexity index is 802. The summed E-state index contributed by atoms with van der Waals surface area (Å²) in [5.74, 6) is 0.228. The molecule has 2 aliphatic heterocycles. The predicted molar refractivity (Wildman–Crippen MR) is 116 cm³/mol. The summed E-state index contributed by atoms with van der Waals surface area (Å²) in [6.07, 6.45) is 3.21. The second-order valence-electron chi connectivity index (χ2n) is 9.62. The fourth-order valence-corrected chi connectivity index (χ4v) is 4.33. The molecule has 30 heavy (non-hydrogen) atoms. The third kappa shape index (κ3) is 5.37. The van der Waals surface area contributed by atoms with Crippen molar-refractivity contribution in [3.05, 3.63) is 23.9 Å². The van der Waals surface area contributed by atoms with Crippen molar-refractivity contribution in [3.8, 4) is 0 Å². The molecule has 0 spiro atoms. The monoisotopic (exact) mass is 414 g/mol. The molecule has 3 amide bonds. The van der Waals surface area contributed by atoms with Crippen molar-refractivity contribution in [1.29, 1.82) is 0 Å². The second-order valence-corrected chi connectivity index (χ2v) is 9.62. The highest BCUT2D eigenvalue weighted by Gasteiger charge is 2.37. The van der Waals surface area contributed by atoms with Crippen LogP contribution in [0, 0.1) is 24.2 Å². The number of hydrogen-bond donors (Lipinski definition) is 1. The van der Waals surface area contributed by atoms with Crippen LogP contribution >= 0.6 is 0 Å². The maximum Gasteiger partial charge on any atom is 0.230 e. The summed E-state index contributed by atoms with van der Waals surface area (Å²) in [6.45, 7) is 9.93. The zero-order chi connectivity index (χ0) is 21.9. The Hall–Kier alpha value is -2.44. The molecule has 7 heteroatoms. The summed E-state index contributed by atoms with van der Waals surface area (Å²) in [4.78, 5) is 46.6. The molecule has 1 aromatic rings. The number of pyridine rings is 1. The fraction of sp³-hybridized carbons (Fsp3) is 0.652. The topological polar surface area (TPSA) is 82.6 Å². The minimum Gasteiger partial charge on any atom is -0.342 e. The third-order valence-corrected chi connectivity index (χ3v) is 5.94. The number of amides is 3. The lowest BCUT2D eigenvalue weighted by Crippen LogP contribution is -2.51. The van der Waals surface area contributed by atoms with Crippen molar-refractivity contribution in [2.45, 2.75) is 53.4 Å². The Morgan fingerprint density at radius 2 is 1.63 bits per heavy atom. The minimum atomic E-state index is -0.441. The SMILES string of the molecule is Cc1cccc(NC(=O)C2CCCN(C(=O)C3CCCN(C(=O)C(C)(C)C)C3)C2)n1. The molecule has 2 aliphatic rings. The maximum atomic E-state index is 13.2. The zero-order valence-electron chi connectivity index (χ0n) is 18.6. The summed E-state index contributed by atoms with van der Waals surface area (Å²) in [5, 5.41) is 2.89. The van der Waals surface area contributed by atoms with Crippen LogP contribution in [0.15, 0.2) is 18.2 Å². The molecule has 0 radical (unpaired) electrons. The molecule has 0 bridgehead atoms. The van der Waals surface area contributed by atoms with Gasteiger partial charge in [-0.2, -0.15) is 0 Å². The number of hydrogen-bond acceptors (Lipinski definition) is 4. The van der Waals surface area contributed by atoms with Crippen LogP contribution in [0.1, 0.15) is 52.1 Å². The third-order valence-electron chi connectivity index (χ3n) is 5.94. The van der Waals surface area contributed by atoms with Gasteiger partial charge in [0.05, 0.1) is 11.8 Å². The molecule has 3 heterocycles. The van der Waals surface area contributed by atoms with Gasteiger partial charge in [0, 0.05) is 37.3 Å².